The van der Waals surface area contributed by atoms with E-state index in [0.29, 0.717) is 39.7 Å². The van der Waals surface area contributed by atoms with Gasteiger partial charge in [-0.3, -0.25) is 4.98 Å². The molecule has 8 nitrogen and oxygen atoms in total. The number of ether oxygens (including phenoxy) is 2. The molecule has 8 rings (SSSR count). The predicted octanol–water partition coefficient (Wildman–Crippen LogP) is 8.50. The zero-order valence-corrected chi connectivity index (χ0v) is 25.2. The maximum Gasteiger partial charge on any atom is 0.354 e. The lowest BCUT2D eigenvalue weighted by atomic mass is 9.58. The number of halogens is 2. The van der Waals surface area contributed by atoms with Crippen molar-refractivity contribution >= 4 is 46.0 Å². The molecule has 3 heterocycles. The van der Waals surface area contributed by atoms with Gasteiger partial charge in [0.15, 0.2) is 5.69 Å². The molecule has 222 valence electrons. The first-order valence-electron chi connectivity index (χ1n) is 14.6. The van der Waals surface area contributed by atoms with E-state index in [0.717, 1.165) is 79.0 Å². The van der Waals surface area contributed by atoms with Gasteiger partial charge in [-0.1, -0.05) is 52.6 Å². The molecule has 0 amide bonds. The van der Waals surface area contributed by atoms with Crippen molar-refractivity contribution in [1.82, 2.24) is 15.1 Å². The third-order valence-electron chi connectivity index (χ3n) is 9.48. The van der Waals surface area contributed by atoms with Crippen molar-refractivity contribution in [2.24, 2.45) is 5.41 Å². The number of hydrogen-bond acceptors (Lipinski definition) is 7. The van der Waals surface area contributed by atoms with Crippen molar-refractivity contribution in [3.05, 3.63) is 75.4 Å². The summed E-state index contributed by atoms with van der Waals surface area (Å²) in [5.41, 5.74) is 3.22. The molecule has 0 radical (unpaired) electrons. The van der Waals surface area contributed by atoms with Gasteiger partial charge in [-0.15, -0.1) is 0 Å². The van der Waals surface area contributed by atoms with E-state index in [1.54, 1.807) is 18.5 Å². The number of methoxy groups -OCH3 is 1. The number of aromatic nitrogens is 3. The minimum Gasteiger partial charge on any atom is -0.481 e. The van der Waals surface area contributed by atoms with E-state index in [1.165, 1.54) is 7.11 Å². The number of nitrogens with zero attached hydrogens (tertiary/aromatic N) is 3. The number of fused-ring (bicyclic) bond motifs is 4. The smallest absolute Gasteiger partial charge is 0.354 e. The average Bonchev–Trinajstić information content (AvgIpc) is 3.79. The van der Waals surface area contributed by atoms with Gasteiger partial charge in [-0.2, -0.15) is 0 Å². The zero-order chi connectivity index (χ0) is 29.8. The Kier molecular flexibility index (Phi) is 7.19. The van der Waals surface area contributed by atoms with Crippen LogP contribution >= 0.6 is 23.2 Å². The summed E-state index contributed by atoms with van der Waals surface area (Å²) in [6.45, 7) is 0.416. The molecule has 4 fully saturated rings. The van der Waals surface area contributed by atoms with Crippen LogP contribution in [0.15, 0.2) is 47.3 Å². The van der Waals surface area contributed by atoms with Crippen molar-refractivity contribution < 1.29 is 23.9 Å². The molecule has 4 aliphatic rings. The van der Waals surface area contributed by atoms with Crippen LogP contribution in [0.4, 0.5) is 0 Å². The SMILES string of the molecule is COc1nc(C(=O)O)cc2ccc(C=CC34CCC(OCc5c(-c6c(Cl)cncc6Cl)noc5C5CC5)(CC3)CC4)cc12. The summed E-state index contributed by atoms with van der Waals surface area (Å²) >= 11 is 13.0. The minimum absolute atomic E-state index is 0.0318. The van der Waals surface area contributed by atoms with E-state index < -0.39 is 5.97 Å². The summed E-state index contributed by atoms with van der Waals surface area (Å²) < 4.78 is 18.0. The summed E-state index contributed by atoms with van der Waals surface area (Å²) in [5.74, 6) is 0.499. The number of pyridine rings is 2. The second-order valence-electron chi connectivity index (χ2n) is 12.1. The lowest BCUT2D eigenvalue weighted by Gasteiger charge is -2.52. The van der Waals surface area contributed by atoms with Crippen LogP contribution in [0.3, 0.4) is 0 Å². The Morgan fingerprint density at radius 3 is 2.47 bits per heavy atom. The molecule has 4 aliphatic carbocycles. The molecule has 0 saturated heterocycles. The van der Waals surface area contributed by atoms with Gasteiger partial charge in [0.1, 0.15) is 11.5 Å². The fraction of sp³-hybridized carbons (Fsp3) is 0.394. The molecular weight excluding hydrogens is 589 g/mol. The van der Waals surface area contributed by atoms with E-state index in [9.17, 15) is 9.90 Å². The maximum atomic E-state index is 11.4. The van der Waals surface area contributed by atoms with E-state index in [4.69, 9.17) is 37.2 Å². The van der Waals surface area contributed by atoms with Gasteiger partial charge in [0, 0.05) is 34.8 Å². The third-order valence-corrected chi connectivity index (χ3v) is 10.1. The largest absolute Gasteiger partial charge is 0.481 e. The number of carbonyl (C=O) groups is 1. The normalized spacial score (nSPS) is 23.3. The molecule has 1 aromatic carbocycles. The summed E-state index contributed by atoms with van der Waals surface area (Å²) in [5, 5.41) is 16.2. The molecule has 3 aromatic heterocycles. The van der Waals surface area contributed by atoms with Crippen molar-refractivity contribution in [3.8, 4) is 17.1 Å². The number of hydrogen-bond donors (Lipinski definition) is 1. The van der Waals surface area contributed by atoms with Crippen molar-refractivity contribution in [2.45, 2.75) is 69.5 Å². The van der Waals surface area contributed by atoms with Crippen molar-refractivity contribution in [1.29, 1.82) is 0 Å². The minimum atomic E-state index is -1.08. The molecule has 2 bridgehead atoms. The molecule has 1 N–H and O–H groups in total. The van der Waals surface area contributed by atoms with Crippen LogP contribution in [-0.4, -0.2) is 38.9 Å². The Balaban J connectivity index is 1.07. The lowest BCUT2D eigenvalue weighted by Crippen LogP contribution is -2.46. The van der Waals surface area contributed by atoms with Gasteiger partial charge >= 0.3 is 5.97 Å². The monoisotopic (exact) mass is 619 g/mol. The first-order chi connectivity index (χ1) is 20.8. The number of carboxylic acid groups (broad SMARTS) is 1. The predicted molar refractivity (Wildman–Crippen MR) is 164 cm³/mol. The van der Waals surface area contributed by atoms with Crippen molar-refractivity contribution in [2.75, 3.05) is 7.11 Å². The van der Waals surface area contributed by atoms with Crippen LogP contribution in [0.25, 0.3) is 28.1 Å². The first kappa shape index (κ1) is 28.3. The zero-order valence-electron chi connectivity index (χ0n) is 23.7. The fourth-order valence-corrected chi connectivity index (χ4v) is 7.25. The summed E-state index contributed by atoms with van der Waals surface area (Å²) in [6, 6.07) is 7.51. The number of rotatable bonds is 9. The molecule has 0 spiro atoms. The molecule has 10 heteroatoms. The molecule has 0 aliphatic heterocycles. The van der Waals surface area contributed by atoms with Crippen molar-refractivity contribution in [3.63, 3.8) is 0 Å². The number of allylic oxidation sites excluding steroid dienone is 1. The van der Waals surface area contributed by atoms with Crippen LogP contribution in [0.2, 0.25) is 10.0 Å². The number of carboxylic acids is 1. The number of aromatic carboxylic acids is 1. The van der Waals surface area contributed by atoms with E-state index in [2.05, 4.69) is 27.3 Å². The summed E-state index contributed by atoms with van der Waals surface area (Å²) in [6.07, 6.45) is 16.0. The van der Waals surface area contributed by atoms with Crippen LogP contribution in [-0.2, 0) is 11.3 Å². The Morgan fingerprint density at radius 2 is 1.81 bits per heavy atom. The topological polar surface area (TPSA) is 108 Å². The van der Waals surface area contributed by atoms with Crippen LogP contribution in [0.1, 0.15) is 84.7 Å². The summed E-state index contributed by atoms with van der Waals surface area (Å²) in [4.78, 5) is 19.7. The average molecular weight is 621 g/mol. The maximum absolute atomic E-state index is 11.4. The summed E-state index contributed by atoms with van der Waals surface area (Å²) in [7, 11) is 1.51. The van der Waals surface area contributed by atoms with Crippen LogP contribution < -0.4 is 4.74 Å². The van der Waals surface area contributed by atoms with Gasteiger partial charge in [0.25, 0.3) is 0 Å². The Morgan fingerprint density at radius 1 is 1.09 bits per heavy atom. The molecule has 43 heavy (non-hydrogen) atoms. The van der Waals surface area contributed by atoms with Gasteiger partial charge in [0.2, 0.25) is 5.88 Å². The standard InChI is InChI=1S/C33H31Cl2N3O5/c1-41-30-22-14-19(2-3-21(22)15-26(37-30)31(39)40)6-7-32-8-11-33(12-9-32,13-10-32)42-18-23-28(38-43-29(23)20-4-5-20)27-24(34)16-36-17-25(27)35/h2-3,6-7,14-17,20H,4-5,8-13,18H2,1H3,(H,39,40). The van der Waals surface area contributed by atoms with Crippen LogP contribution in [0.5, 0.6) is 5.88 Å². The Labute approximate surface area is 259 Å². The van der Waals surface area contributed by atoms with Gasteiger partial charge in [0.05, 0.1) is 29.4 Å². The van der Waals surface area contributed by atoms with E-state index in [-0.39, 0.29) is 16.7 Å². The fourth-order valence-electron chi connectivity index (χ4n) is 6.71. The second kappa shape index (κ2) is 10.9. The molecular formula is C33H31Cl2N3O5. The quantitative estimate of drug-likeness (QED) is 0.199. The highest BCUT2D eigenvalue weighted by Gasteiger charge is 2.48. The number of benzene rings is 1. The van der Waals surface area contributed by atoms with E-state index in [1.807, 2.05) is 18.2 Å². The van der Waals surface area contributed by atoms with E-state index >= 15 is 0 Å². The molecule has 0 unspecified atom stereocenters. The Bertz CT molecular complexity index is 1720. The highest BCUT2D eigenvalue weighted by Crippen LogP contribution is 2.55. The van der Waals surface area contributed by atoms with Gasteiger partial charge in [-0.25, -0.2) is 9.78 Å². The molecule has 4 aromatic rings. The van der Waals surface area contributed by atoms with Gasteiger partial charge < -0.3 is 19.1 Å². The third kappa shape index (κ3) is 5.30. The molecule has 0 atom stereocenters. The Hall–Kier alpha value is -3.46. The lowest BCUT2D eigenvalue weighted by molar-refractivity contribution is -0.133. The highest BCUT2D eigenvalue weighted by molar-refractivity contribution is 6.38. The first-order valence-corrected chi connectivity index (χ1v) is 15.4. The van der Waals surface area contributed by atoms with Crippen LogP contribution in [0, 0.1) is 5.41 Å². The molecule has 4 saturated carbocycles. The second-order valence-corrected chi connectivity index (χ2v) is 12.9. The van der Waals surface area contributed by atoms with Gasteiger partial charge in [-0.05, 0) is 79.9 Å². The highest BCUT2D eigenvalue weighted by atomic mass is 35.5.